The zero-order valence-electron chi connectivity index (χ0n) is 18.7. The third-order valence-corrected chi connectivity index (χ3v) is 6.20. The second kappa shape index (κ2) is 11.1. The maximum absolute atomic E-state index is 12.6. The monoisotopic (exact) mass is 546 g/mol. The van der Waals surface area contributed by atoms with E-state index in [1.54, 1.807) is 36.4 Å². The highest BCUT2D eigenvalue weighted by Gasteiger charge is 2.14. The van der Waals surface area contributed by atoms with Crippen molar-refractivity contribution in [2.75, 3.05) is 12.4 Å². The van der Waals surface area contributed by atoms with E-state index in [9.17, 15) is 10.1 Å². The first-order chi connectivity index (χ1) is 17.0. The van der Waals surface area contributed by atoms with Crippen LogP contribution in [-0.4, -0.2) is 13.0 Å². The average molecular weight is 548 g/mol. The third-order valence-electron chi connectivity index (χ3n) is 5.26. The molecule has 7 heteroatoms. The van der Waals surface area contributed by atoms with Gasteiger partial charge < -0.3 is 14.8 Å². The Hall–Kier alpha value is -3.79. The minimum atomic E-state index is -0.530. The number of carbonyl (C=O) groups is 1. The van der Waals surface area contributed by atoms with Crippen molar-refractivity contribution in [2.24, 2.45) is 0 Å². The second-order valence-corrected chi connectivity index (χ2v) is 8.92. The lowest BCUT2D eigenvalue weighted by Crippen LogP contribution is -2.13. The molecule has 174 valence electrons. The Bertz CT molecular complexity index is 1460. The summed E-state index contributed by atoms with van der Waals surface area (Å²) in [5.41, 5.74) is 2.10. The van der Waals surface area contributed by atoms with Gasteiger partial charge in [-0.3, -0.25) is 4.79 Å². The molecule has 5 nitrogen and oxygen atoms in total. The fraction of sp³-hybridized carbons (Fsp3) is 0.0714. The summed E-state index contributed by atoms with van der Waals surface area (Å²) in [4.78, 5) is 12.6. The molecular weight excluding hydrogens is 528 g/mol. The quantitative estimate of drug-likeness (QED) is 0.193. The van der Waals surface area contributed by atoms with Crippen LogP contribution in [0.4, 0.5) is 5.69 Å². The van der Waals surface area contributed by atoms with Crippen LogP contribution in [0.25, 0.3) is 16.8 Å². The van der Waals surface area contributed by atoms with Crippen molar-refractivity contribution in [3.05, 3.63) is 105 Å². The van der Waals surface area contributed by atoms with Crippen LogP contribution < -0.4 is 14.8 Å². The van der Waals surface area contributed by atoms with Gasteiger partial charge in [0.25, 0.3) is 5.91 Å². The topological polar surface area (TPSA) is 71.3 Å². The van der Waals surface area contributed by atoms with Gasteiger partial charge in [-0.15, -0.1) is 0 Å². The van der Waals surface area contributed by atoms with Gasteiger partial charge >= 0.3 is 0 Å². The normalized spacial score (nSPS) is 11.1. The minimum Gasteiger partial charge on any atom is -0.493 e. The lowest BCUT2D eigenvalue weighted by Gasteiger charge is -2.13. The van der Waals surface area contributed by atoms with E-state index in [0.717, 1.165) is 10.9 Å². The van der Waals surface area contributed by atoms with Crippen LogP contribution in [0.2, 0.25) is 5.02 Å². The summed E-state index contributed by atoms with van der Waals surface area (Å²) >= 11 is 9.40. The molecule has 0 atom stereocenters. The molecule has 4 rings (SSSR count). The van der Waals surface area contributed by atoms with E-state index in [-0.39, 0.29) is 5.57 Å². The summed E-state index contributed by atoms with van der Waals surface area (Å²) in [7, 11) is 1.54. The zero-order valence-corrected chi connectivity index (χ0v) is 21.1. The highest BCUT2D eigenvalue weighted by atomic mass is 79.9. The molecular formula is C28H20BrClN2O3. The number of methoxy groups -OCH3 is 1. The predicted molar refractivity (Wildman–Crippen MR) is 143 cm³/mol. The molecule has 0 bridgehead atoms. The Kier molecular flexibility index (Phi) is 7.71. The summed E-state index contributed by atoms with van der Waals surface area (Å²) in [5.74, 6) is 0.488. The summed E-state index contributed by atoms with van der Waals surface area (Å²) in [6.07, 6.45) is 1.49. The SMILES string of the molecule is COc1cc(/C=C(/C#N)C(=O)Nc2ccc(Cl)cc2)c(Br)cc1OCc1ccc2ccccc2c1. The molecule has 0 fully saturated rings. The molecule has 0 spiro atoms. The number of nitriles is 1. The van der Waals surface area contributed by atoms with Crippen molar-refractivity contribution >= 4 is 56.0 Å². The number of benzene rings is 4. The van der Waals surface area contributed by atoms with E-state index in [1.807, 2.05) is 24.3 Å². The van der Waals surface area contributed by atoms with Crippen molar-refractivity contribution in [2.45, 2.75) is 6.61 Å². The van der Waals surface area contributed by atoms with Crippen molar-refractivity contribution in [3.63, 3.8) is 0 Å². The molecule has 0 aliphatic heterocycles. The van der Waals surface area contributed by atoms with Crippen molar-refractivity contribution < 1.29 is 14.3 Å². The Morgan fingerprint density at radius 1 is 1.03 bits per heavy atom. The number of nitrogens with zero attached hydrogens (tertiary/aromatic N) is 1. The van der Waals surface area contributed by atoms with Crippen LogP contribution in [0.5, 0.6) is 11.5 Å². The molecule has 4 aromatic rings. The fourth-order valence-corrected chi connectivity index (χ4v) is 4.02. The van der Waals surface area contributed by atoms with Gasteiger partial charge in [0.2, 0.25) is 0 Å². The van der Waals surface area contributed by atoms with Gasteiger partial charge in [0, 0.05) is 15.2 Å². The maximum Gasteiger partial charge on any atom is 0.266 e. The molecule has 0 unspecified atom stereocenters. The van der Waals surface area contributed by atoms with E-state index >= 15 is 0 Å². The van der Waals surface area contributed by atoms with Crippen LogP contribution in [-0.2, 0) is 11.4 Å². The van der Waals surface area contributed by atoms with Gasteiger partial charge in [0.05, 0.1) is 7.11 Å². The smallest absolute Gasteiger partial charge is 0.266 e. The van der Waals surface area contributed by atoms with Crippen LogP contribution in [0.15, 0.2) is 88.9 Å². The number of hydrogen-bond acceptors (Lipinski definition) is 4. The van der Waals surface area contributed by atoms with Crippen molar-refractivity contribution in [3.8, 4) is 17.6 Å². The number of rotatable bonds is 7. The molecule has 4 aromatic carbocycles. The lowest BCUT2D eigenvalue weighted by molar-refractivity contribution is -0.112. The van der Waals surface area contributed by atoms with Gasteiger partial charge in [-0.25, -0.2) is 0 Å². The molecule has 1 N–H and O–H groups in total. The van der Waals surface area contributed by atoms with E-state index in [4.69, 9.17) is 21.1 Å². The number of ether oxygens (including phenoxy) is 2. The predicted octanol–water partition coefficient (Wildman–Crippen LogP) is 7.39. The number of nitrogens with one attached hydrogen (secondary N) is 1. The average Bonchev–Trinajstić information content (AvgIpc) is 2.88. The highest BCUT2D eigenvalue weighted by Crippen LogP contribution is 2.35. The minimum absolute atomic E-state index is 0.0625. The number of amides is 1. The van der Waals surface area contributed by atoms with E-state index in [0.29, 0.717) is 38.9 Å². The molecule has 0 aliphatic carbocycles. The first kappa shape index (κ1) is 24.3. The molecule has 0 aromatic heterocycles. The molecule has 0 saturated carbocycles. The largest absolute Gasteiger partial charge is 0.493 e. The van der Waals surface area contributed by atoms with Gasteiger partial charge in [0.15, 0.2) is 11.5 Å². The lowest BCUT2D eigenvalue weighted by atomic mass is 10.1. The van der Waals surface area contributed by atoms with Crippen LogP contribution in [0, 0.1) is 11.3 Å². The number of carbonyl (C=O) groups excluding carboxylic acids is 1. The highest BCUT2D eigenvalue weighted by molar-refractivity contribution is 9.10. The molecule has 0 aliphatic rings. The van der Waals surface area contributed by atoms with Gasteiger partial charge in [-0.1, -0.05) is 63.9 Å². The Morgan fingerprint density at radius 2 is 1.77 bits per heavy atom. The van der Waals surface area contributed by atoms with Crippen molar-refractivity contribution in [1.82, 2.24) is 0 Å². The van der Waals surface area contributed by atoms with Gasteiger partial charge in [-0.05, 0) is 70.4 Å². The summed E-state index contributed by atoms with van der Waals surface area (Å²) in [6.45, 7) is 0.357. The summed E-state index contributed by atoms with van der Waals surface area (Å²) in [5, 5.41) is 15.1. The van der Waals surface area contributed by atoms with E-state index in [1.165, 1.54) is 18.6 Å². The van der Waals surface area contributed by atoms with Crippen molar-refractivity contribution in [1.29, 1.82) is 5.26 Å². The zero-order chi connectivity index (χ0) is 24.8. The molecule has 0 heterocycles. The van der Waals surface area contributed by atoms with E-state index in [2.05, 4.69) is 45.5 Å². The summed E-state index contributed by atoms with van der Waals surface area (Å²) < 4.78 is 12.2. The van der Waals surface area contributed by atoms with Crippen LogP contribution in [0.3, 0.4) is 0 Å². The standard InChI is InChI=1S/C28H20BrClN2O3/c1-34-26-14-21(13-22(16-31)28(33)32-24-10-8-23(30)9-11-24)25(29)15-27(26)35-17-18-6-7-19-4-2-3-5-20(19)12-18/h2-15H,17H2,1H3,(H,32,33)/b22-13-. The van der Waals surface area contributed by atoms with Gasteiger partial charge in [0.1, 0.15) is 18.2 Å². The fourth-order valence-electron chi connectivity index (χ4n) is 3.46. The first-order valence-corrected chi connectivity index (χ1v) is 11.8. The Balaban J connectivity index is 1.53. The number of anilines is 1. The molecule has 1 amide bonds. The summed E-state index contributed by atoms with van der Waals surface area (Å²) in [6, 6.07) is 26.4. The van der Waals surface area contributed by atoms with Crippen LogP contribution in [0.1, 0.15) is 11.1 Å². The Labute approximate surface area is 216 Å². The number of hydrogen-bond donors (Lipinski definition) is 1. The van der Waals surface area contributed by atoms with E-state index < -0.39 is 5.91 Å². The van der Waals surface area contributed by atoms with Crippen LogP contribution >= 0.6 is 27.5 Å². The molecule has 0 saturated heterocycles. The number of halogens is 2. The second-order valence-electron chi connectivity index (χ2n) is 7.63. The third kappa shape index (κ3) is 6.02. The maximum atomic E-state index is 12.6. The van der Waals surface area contributed by atoms with Gasteiger partial charge in [-0.2, -0.15) is 5.26 Å². The Morgan fingerprint density at radius 3 is 2.49 bits per heavy atom. The first-order valence-electron chi connectivity index (χ1n) is 10.6. The number of fused-ring (bicyclic) bond motifs is 1. The molecule has 35 heavy (non-hydrogen) atoms. The molecule has 0 radical (unpaired) electrons.